The molecule has 51 heavy (non-hydrogen) atoms. The lowest BCUT2D eigenvalue weighted by molar-refractivity contribution is 1.16. The van der Waals surface area contributed by atoms with Gasteiger partial charge in [0.15, 0.2) is 0 Å². The van der Waals surface area contributed by atoms with Crippen molar-refractivity contribution < 1.29 is 0 Å². The first-order valence-corrected chi connectivity index (χ1v) is 16.7. The topological polar surface area (TPSA) is 81.2 Å². The molecule has 0 spiro atoms. The minimum absolute atomic E-state index is 0.488. The van der Waals surface area contributed by atoms with E-state index in [-0.39, 0.29) is 0 Å². The van der Waals surface area contributed by atoms with Crippen molar-refractivity contribution in [2.24, 2.45) is 0 Å². The Hall–Kier alpha value is -7.39. The summed E-state index contributed by atoms with van der Waals surface area (Å²) in [6.07, 6.45) is 6.35. The molecule has 0 radical (unpaired) electrons. The predicted molar refractivity (Wildman–Crippen MR) is 205 cm³/mol. The number of nitrogens with zero attached hydrogens (tertiary/aromatic N) is 5. The molecule has 9 rings (SSSR count). The largest absolute Gasteiger partial charge is 0.309 e. The Morgan fingerprint density at radius 2 is 1.12 bits per heavy atom. The minimum Gasteiger partial charge on any atom is -0.309 e. The molecule has 0 atom stereocenters. The van der Waals surface area contributed by atoms with Crippen molar-refractivity contribution in [3.63, 3.8) is 0 Å². The fraction of sp³-hybridized carbons (Fsp3) is 0.0217. The van der Waals surface area contributed by atoms with Crippen LogP contribution in [0.3, 0.4) is 0 Å². The quantitative estimate of drug-likeness (QED) is 0.190. The maximum Gasteiger partial charge on any atom is 0.101 e. The molecule has 6 aromatic carbocycles. The molecule has 0 N–H and O–H groups in total. The van der Waals surface area contributed by atoms with Crippen molar-refractivity contribution in [2.45, 2.75) is 6.42 Å². The molecule has 236 valence electrons. The number of fused-ring (bicyclic) bond motifs is 6. The van der Waals surface area contributed by atoms with E-state index in [1.165, 1.54) is 0 Å². The number of hydrogen-bond donors (Lipinski definition) is 0. The van der Waals surface area contributed by atoms with Crippen LogP contribution in [0.25, 0.3) is 66.1 Å². The van der Waals surface area contributed by atoms with Gasteiger partial charge in [-0.1, -0.05) is 91.0 Å². The first-order valence-electron chi connectivity index (χ1n) is 16.7. The summed E-state index contributed by atoms with van der Waals surface area (Å²) in [7, 11) is 0. The van der Waals surface area contributed by atoms with E-state index >= 15 is 0 Å². The third-order valence-corrected chi connectivity index (χ3v) is 9.95. The summed E-state index contributed by atoms with van der Waals surface area (Å²) in [5, 5.41) is 35.0. The second-order valence-corrected chi connectivity index (χ2v) is 12.7. The van der Waals surface area contributed by atoms with Crippen LogP contribution in [0.4, 0.5) is 0 Å². The summed E-state index contributed by atoms with van der Waals surface area (Å²) in [5.74, 6) is 0. The molecule has 5 nitrogen and oxygen atoms in total. The molecule has 0 saturated carbocycles. The van der Waals surface area contributed by atoms with Gasteiger partial charge in [0.1, 0.15) is 6.07 Å². The summed E-state index contributed by atoms with van der Waals surface area (Å²) in [6.45, 7) is 0. The lowest BCUT2D eigenvalue weighted by atomic mass is 9.90. The van der Waals surface area contributed by atoms with E-state index in [1.807, 2.05) is 97.1 Å². The van der Waals surface area contributed by atoms with E-state index < -0.39 is 0 Å². The molecule has 2 aromatic heterocycles. The van der Waals surface area contributed by atoms with Crippen LogP contribution in [-0.4, -0.2) is 9.13 Å². The SMILES string of the molecule is N#CC1=C(c2ccccc2-n2c3ccccc3c3cc(C#N)ccc32)CC(c2ccc(-n3c4ccccc4c4ccccc43)c(C#N)c2)=CC=C1. The van der Waals surface area contributed by atoms with Gasteiger partial charge in [0.25, 0.3) is 0 Å². The molecule has 0 amide bonds. The molecular formula is C46H27N5. The molecule has 0 unspecified atom stereocenters. The lowest BCUT2D eigenvalue weighted by Crippen LogP contribution is -2.02. The highest BCUT2D eigenvalue weighted by Crippen LogP contribution is 2.41. The fourth-order valence-corrected chi connectivity index (χ4v) is 7.68. The number of para-hydroxylation sites is 4. The highest BCUT2D eigenvalue weighted by atomic mass is 15.0. The molecule has 5 heteroatoms. The number of hydrogen-bond acceptors (Lipinski definition) is 3. The zero-order valence-electron chi connectivity index (χ0n) is 27.4. The van der Waals surface area contributed by atoms with Crippen molar-refractivity contribution in [2.75, 3.05) is 0 Å². The Balaban J connectivity index is 1.18. The van der Waals surface area contributed by atoms with E-state index in [0.29, 0.717) is 23.1 Å². The van der Waals surface area contributed by atoms with E-state index in [2.05, 4.69) is 81.9 Å². The van der Waals surface area contributed by atoms with Gasteiger partial charge in [-0.25, -0.2) is 0 Å². The van der Waals surface area contributed by atoms with Gasteiger partial charge in [0, 0.05) is 33.5 Å². The highest BCUT2D eigenvalue weighted by Gasteiger charge is 2.22. The number of rotatable bonds is 4. The third kappa shape index (κ3) is 4.67. The van der Waals surface area contributed by atoms with Crippen LogP contribution in [0.5, 0.6) is 0 Å². The summed E-state index contributed by atoms with van der Waals surface area (Å²) in [5.41, 5.74) is 11.4. The van der Waals surface area contributed by atoms with Crippen LogP contribution in [0.15, 0.2) is 157 Å². The number of benzene rings is 6. The van der Waals surface area contributed by atoms with E-state index in [4.69, 9.17) is 0 Å². The standard InChI is InChI=1S/C46H27N5/c47-27-30-20-22-46-40(24-30)38-15-4-8-19-45(38)51(46)44-18-7-3-14-37(44)39-26-31(10-9-11-33(39)28-48)32-21-23-41(34(25-32)29-49)50-42-16-5-1-12-35(42)36-13-2-6-17-43(36)50/h1-25H,26H2. The lowest BCUT2D eigenvalue weighted by Gasteiger charge is -2.18. The van der Waals surface area contributed by atoms with Crippen LogP contribution in [-0.2, 0) is 0 Å². The van der Waals surface area contributed by atoms with Gasteiger partial charge in [-0.05, 0) is 77.4 Å². The van der Waals surface area contributed by atoms with Crippen LogP contribution in [0, 0.1) is 34.0 Å². The molecule has 8 aromatic rings. The Kier molecular flexibility index (Phi) is 6.96. The number of nitriles is 3. The first kappa shape index (κ1) is 29.7. The van der Waals surface area contributed by atoms with Gasteiger partial charge in [-0.3, -0.25) is 0 Å². The molecule has 0 fully saturated rings. The zero-order valence-corrected chi connectivity index (χ0v) is 27.4. The normalized spacial score (nSPS) is 12.9. The van der Waals surface area contributed by atoms with Crippen molar-refractivity contribution in [1.29, 1.82) is 15.8 Å². The van der Waals surface area contributed by atoms with E-state index in [0.717, 1.165) is 77.3 Å². The van der Waals surface area contributed by atoms with Gasteiger partial charge >= 0.3 is 0 Å². The molecule has 1 aliphatic carbocycles. The molecule has 0 aliphatic heterocycles. The summed E-state index contributed by atoms with van der Waals surface area (Å²) in [4.78, 5) is 0. The van der Waals surface area contributed by atoms with Crippen molar-refractivity contribution in [3.8, 4) is 29.6 Å². The zero-order chi connectivity index (χ0) is 34.5. The van der Waals surface area contributed by atoms with Gasteiger partial charge in [-0.2, -0.15) is 15.8 Å². The van der Waals surface area contributed by atoms with Gasteiger partial charge in [0.05, 0.1) is 62.3 Å². The Labute approximate surface area is 294 Å². The predicted octanol–water partition coefficient (Wildman–Crippen LogP) is 10.9. The maximum absolute atomic E-state index is 10.5. The second kappa shape index (κ2) is 11.9. The average molecular weight is 650 g/mol. The molecular weight excluding hydrogens is 623 g/mol. The monoisotopic (exact) mass is 649 g/mol. The molecule has 0 saturated heterocycles. The summed E-state index contributed by atoms with van der Waals surface area (Å²) >= 11 is 0. The third-order valence-electron chi connectivity index (χ3n) is 9.95. The van der Waals surface area contributed by atoms with Crippen LogP contribution in [0.2, 0.25) is 0 Å². The molecule has 2 heterocycles. The Morgan fingerprint density at radius 3 is 1.78 bits per heavy atom. The van der Waals surface area contributed by atoms with Gasteiger partial charge in [-0.15, -0.1) is 0 Å². The van der Waals surface area contributed by atoms with Gasteiger partial charge < -0.3 is 9.13 Å². The van der Waals surface area contributed by atoms with Gasteiger partial charge in [0.2, 0.25) is 0 Å². The van der Waals surface area contributed by atoms with Crippen molar-refractivity contribution in [1.82, 2.24) is 9.13 Å². The minimum atomic E-state index is 0.488. The van der Waals surface area contributed by atoms with Crippen LogP contribution < -0.4 is 0 Å². The van der Waals surface area contributed by atoms with Crippen molar-refractivity contribution in [3.05, 3.63) is 180 Å². The Morgan fingerprint density at radius 1 is 0.510 bits per heavy atom. The maximum atomic E-state index is 10.5. The van der Waals surface area contributed by atoms with E-state index in [1.54, 1.807) is 0 Å². The number of aromatic nitrogens is 2. The smallest absolute Gasteiger partial charge is 0.101 e. The molecule has 1 aliphatic rings. The van der Waals surface area contributed by atoms with Crippen LogP contribution in [0.1, 0.15) is 28.7 Å². The van der Waals surface area contributed by atoms with E-state index in [9.17, 15) is 15.8 Å². The Bertz CT molecular complexity index is 2920. The highest BCUT2D eigenvalue weighted by molar-refractivity contribution is 6.11. The number of allylic oxidation sites excluding steroid dienone is 6. The fourth-order valence-electron chi connectivity index (χ4n) is 7.68. The summed E-state index contributed by atoms with van der Waals surface area (Å²) < 4.78 is 4.41. The summed E-state index contributed by atoms with van der Waals surface area (Å²) in [6, 6.07) is 52.2. The average Bonchev–Trinajstić information content (AvgIpc) is 3.60. The first-order chi connectivity index (χ1) is 25.2. The molecule has 0 bridgehead atoms. The van der Waals surface area contributed by atoms with Crippen LogP contribution >= 0.6 is 0 Å². The second-order valence-electron chi connectivity index (χ2n) is 12.7. The van der Waals surface area contributed by atoms with Crippen molar-refractivity contribution >= 4 is 54.8 Å².